The molecule has 2 rings (SSSR count). The largest absolute Gasteiger partial charge is 0.489 e. The highest BCUT2D eigenvalue weighted by Gasteiger charge is 2.05. The predicted octanol–water partition coefficient (Wildman–Crippen LogP) is 4.88. The van der Waals surface area contributed by atoms with Crippen LogP contribution in [0.15, 0.2) is 30.3 Å². The topological polar surface area (TPSA) is 21.3 Å². The maximum Gasteiger partial charge on any atom is 0.156 e. The van der Waals surface area contributed by atoms with E-state index in [4.69, 9.17) is 39.5 Å². The lowest BCUT2D eigenvalue weighted by Gasteiger charge is -2.10. The number of benzene rings is 1. The first-order valence-electron chi connectivity index (χ1n) is 5.68. The van der Waals surface area contributed by atoms with Crippen LogP contribution in [-0.2, 0) is 6.54 Å². The molecular formula is C13H12Cl3NOS. The van der Waals surface area contributed by atoms with Crippen molar-refractivity contribution in [2.24, 2.45) is 0 Å². The van der Waals surface area contributed by atoms with Crippen LogP contribution in [0.2, 0.25) is 14.4 Å². The van der Waals surface area contributed by atoms with Gasteiger partial charge in [-0.15, -0.1) is 11.3 Å². The Bertz CT molecular complexity index is 524. The Morgan fingerprint density at radius 1 is 1.05 bits per heavy atom. The van der Waals surface area contributed by atoms with Crippen LogP contribution in [-0.4, -0.2) is 13.2 Å². The minimum atomic E-state index is 0.503. The average molecular weight is 337 g/mol. The van der Waals surface area contributed by atoms with Gasteiger partial charge in [0.25, 0.3) is 0 Å². The summed E-state index contributed by atoms with van der Waals surface area (Å²) in [6.45, 7) is 1.98. The molecule has 0 aliphatic carbocycles. The van der Waals surface area contributed by atoms with Crippen molar-refractivity contribution in [3.63, 3.8) is 0 Å². The summed E-state index contributed by atoms with van der Waals surface area (Å²) < 4.78 is 6.36. The third-order valence-electron chi connectivity index (χ3n) is 2.37. The van der Waals surface area contributed by atoms with Gasteiger partial charge in [0.1, 0.15) is 6.61 Å². The molecule has 0 radical (unpaired) electrons. The van der Waals surface area contributed by atoms with E-state index in [0.717, 1.165) is 10.9 Å². The van der Waals surface area contributed by atoms with Crippen molar-refractivity contribution < 1.29 is 4.74 Å². The van der Waals surface area contributed by atoms with Crippen LogP contribution in [0.5, 0.6) is 5.75 Å². The Balaban J connectivity index is 1.72. The molecule has 0 fully saturated rings. The Hall–Kier alpha value is -0.450. The van der Waals surface area contributed by atoms with Crippen molar-refractivity contribution in [1.29, 1.82) is 0 Å². The third-order valence-corrected chi connectivity index (χ3v) is 4.20. The fourth-order valence-corrected chi connectivity index (χ4v) is 3.07. The van der Waals surface area contributed by atoms with Crippen molar-refractivity contribution in [3.8, 4) is 5.75 Å². The van der Waals surface area contributed by atoms with Crippen LogP contribution < -0.4 is 10.1 Å². The number of nitrogens with one attached hydrogen (secondary N) is 1. The maximum absolute atomic E-state index is 6.00. The number of hydrogen-bond donors (Lipinski definition) is 1. The molecule has 0 aliphatic heterocycles. The van der Waals surface area contributed by atoms with Crippen LogP contribution in [0.4, 0.5) is 0 Å². The molecule has 1 aromatic carbocycles. The van der Waals surface area contributed by atoms with Crippen LogP contribution in [0.1, 0.15) is 4.88 Å². The van der Waals surface area contributed by atoms with Crippen molar-refractivity contribution in [3.05, 3.63) is 49.6 Å². The van der Waals surface area contributed by atoms with Gasteiger partial charge in [0, 0.05) is 18.0 Å². The van der Waals surface area contributed by atoms with E-state index < -0.39 is 0 Å². The summed E-state index contributed by atoms with van der Waals surface area (Å²) >= 11 is 19.4. The Morgan fingerprint density at radius 3 is 2.42 bits per heavy atom. The van der Waals surface area contributed by atoms with Gasteiger partial charge in [-0.25, -0.2) is 0 Å². The predicted molar refractivity (Wildman–Crippen MR) is 83.0 cm³/mol. The van der Waals surface area contributed by atoms with Crippen molar-refractivity contribution >= 4 is 46.1 Å². The monoisotopic (exact) mass is 335 g/mol. The Kier molecular flexibility index (Phi) is 5.79. The van der Waals surface area contributed by atoms with Gasteiger partial charge >= 0.3 is 0 Å². The minimum Gasteiger partial charge on any atom is -0.489 e. The molecule has 0 bridgehead atoms. The van der Waals surface area contributed by atoms with E-state index >= 15 is 0 Å². The summed E-state index contributed by atoms with van der Waals surface area (Å²) in [5.41, 5.74) is 0. The van der Waals surface area contributed by atoms with E-state index in [1.807, 2.05) is 12.1 Å². The molecule has 102 valence electrons. The SMILES string of the molecule is Clc1ccc(CNCCOc2c(Cl)cccc2Cl)s1. The van der Waals surface area contributed by atoms with Gasteiger partial charge in [0.05, 0.1) is 14.4 Å². The van der Waals surface area contributed by atoms with E-state index in [2.05, 4.69) is 5.32 Å². The van der Waals surface area contributed by atoms with Gasteiger partial charge in [-0.2, -0.15) is 0 Å². The number of thiophene rings is 1. The van der Waals surface area contributed by atoms with Crippen molar-refractivity contribution in [2.75, 3.05) is 13.2 Å². The molecule has 0 unspecified atom stereocenters. The fourth-order valence-electron chi connectivity index (χ4n) is 1.50. The molecule has 0 atom stereocenters. The zero-order valence-electron chi connectivity index (χ0n) is 9.96. The minimum absolute atomic E-state index is 0.503. The Morgan fingerprint density at radius 2 is 1.79 bits per heavy atom. The molecule has 6 heteroatoms. The van der Waals surface area contributed by atoms with E-state index in [9.17, 15) is 0 Å². The van der Waals surface area contributed by atoms with Gasteiger partial charge in [0.15, 0.2) is 5.75 Å². The second-order valence-corrected chi connectivity index (χ2v) is 6.40. The van der Waals surface area contributed by atoms with Crippen molar-refractivity contribution in [1.82, 2.24) is 5.32 Å². The van der Waals surface area contributed by atoms with Gasteiger partial charge in [-0.1, -0.05) is 40.9 Å². The molecule has 1 heterocycles. The number of hydrogen-bond acceptors (Lipinski definition) is 3. The maximum atomic E-state index is 6.00. The molecule has 0 spiro atoms. The molecular weight excluding hydrogens is 325 g/mol. The standard InChI is InChI=1S/C13H12Cl3NOS/c14-10-2-1-3-11(15)13(10)18-7-6-17-8-9-4-5-12(16)19-9/h1-5,17H,6-8H2. The number of halogens is 3. The summed E-state index contributed by atoms with van der Waals surface area (Å²) in [6.07, 6.45) is 0. The van der Waals surface area contributed by atoms with Gasteiger partial charge in [0.2, 0.25) is 0 Å². The second kappa shape index (κ2) is 7.36. The average Bonchev–Trinajstić information content (AvgIpc) is 2.78. The summed E-state index contributed by atoms with van der Waals surface area (Å²) in [5.74, 6) is 0.534. The molecule has 2 aromatic rings. The molecule has 0 saturated heterocycles. The fraction of sp³-hybridized carbons (Fsp3) is 0.231. The van der Waals surface area contributed by atoms with Crippen molar-refractivity contribution in [2.45, 2.75) is 6.54 Å². The first-order valence-corrected chi connectivity index (χ1v) is 7.63. The summed E-state index contributed by atoms with van der Waals surface area (Å²) in [4.78, 5) is 1.20. The van der Waals surface area contributed by atoms with Crippen LogP contribution in [0, 0.1) is 0 Å². The number of rotatable bonds is 6. The van der Waals surface area contributed by atoms with Crippen LogP contribution in [0.3, 0.4) is 0 Å². The van der Waals surface area contributed by atoms with E-state index in [-0.39, 0.29) is 0 Å². The lowest BCUT2D eigenvalue weighted by atomic mass is 10.3. The first kappa shape index (κ1) is 14.9. The number of para-hydroxylation sites is 1. The molecule has 19 heavy (non-hydrogen) atoms. The molecule has 1 aromatic heterocycles. The normalized spacial score (nSPS) is 10.7. The second-order valence-electron chi connectivity index (χ2n) is 3.78. The number of ether oxygens (including phenoxy) is 1. The molecule has 0 saturated carbocycles. The van der Waals surface area contributed by atoms with Crippen LogP contribution in [0.25, 0.3) is 0 Å². The zero-order valence-corrected chi connectivity index (χ0v) is 13.0. The van der Waals surface area contributed by atoms with Crippen LogP contribution >= 0.6 is 46.1 Å². The first-order chi connectivity index (χ1) is 9.16. The van der Waals surface area contributed by atoms with Gasteiger partial charge in [-0.3, -0.25) is 0 Å². The van der Waals surface area contributed by atoms with E-state index in [1.54, 1.807) is 29.5 Å². The quantitative estimate of drug-likeness (QED) is 0.759. The highest BCUT2D eigenvalue weighted by molar-refractivity contribution is 7.16. The smallest absolute Gasteiger partial charge is 0.156 e. The molecule has 0 amide bonds. The summed E-state index contributed by atoms with van der Waals surface area (Å²) in [7, 11) is 0. The van der Waals surface area contributed by atoms with Gasteiger partial charge in [-0.05, 0) is 24.3 Å². The Labute approximate surface area is 131 Å². The molecule has 0 aliphatic rings. The van der Waals surface area contributed by atoms with Gasteiger partial charge < -0.3 is 10.1 Å². The highest BCUT2D eigenvalue weighted by Crippen LogP contribution is 2.32. The third kappa shape index (κ3) is 4.55. The molecule has 2 nitrogen and oxygen atoms in total. The lowest BCUT2D eigenvalue weighted by molar-refractivity contribution is 0.314. The van der Waals surface area contributed by atoms with E-state index in [0.29, 0.717) is 28.9 Å². The molecule has 1 N–H and O–H groups in total. The summed E-state index contributed by atoms with van der Waals surface area (Å²) in [6, 6.07) is 9.19. The lowest BCUT2D eigenvalue weighted by Crippen LogP contribution is -2.20. The van der Waals surface area contributed by atoms with E-state index in [1.165, 1.54) is 4.88 Å². The summed E-state index contributed by atoms with van der Waals surface area (Å²) in [5, 5.41) is 4.32. The highest BCUT2D eigenvalue weighted by atomic mass is 35.5. The zero-order chi connectivity index (χ0) is 13.7.